The SMILES string of the molecule is CCC(CC)N(CCC(NC)C(N)=O)CC(C)C. The van der Waals surface area contributed by atoms with Gasteiger partial charge in [0.1, 0.15) is 0 Å². The Morgan fingerprint density at radius 3 is 2.17 bits per heavy atom. The summed E-state index contributed by atoms with van der Waals surface area (Å²) in [5, 5.41) is 2.98. The lowest BCUT2D eigenvalue weighted by Gasteiger charge is -2.32. The summed E-state index contributed by atoms with van der Waals surface area (Å²) in [5.74, 6) is 0.388. The van der Waals surface area contributed by atoms with E-state index in [2.05, 4.69) is 37.9 Å². The Labute approximate surface area is 112 Å². The summed E-state index contributed by atoms with van der Waals surface area (Å²) in [6, 6.07) is 0.395. The zero-order valence-corrected chi connectivity index (χ0v) is 12.7. The van der Waals surface area contributed by atoms with E-state index in [1.807, 2.05) is 0 Å². The molecule has 1 atom stereocenters. The number of likely N-dealkylation sites (N-methyl/N-ethyl adjacent to an activating group) is 1. The highest BCUT2D eigenvalue weighted by molar-refractivity contribution is 5.79. The number of nitrogens with zero attached hydrogens (tertiary/aromatic N) is 1. The molecule has 18 heavy (non-hydrogen) atoms. The first-order chi connectivity index (χ1) is 8.46. The molecule has 1 unspecified atom stereocenters. The average Bonchev–Trinajstić information content (AvgIpc) is 2.29. The molecule has 0 aromatic rings. The first kappa shape index (κ1) is 17.4. The van der Waals surface area contributed by atoms with Gasteiger partial charge in [-0.2, -0.15) is 0 Å². The van der Waals surface area contributed by atoms with Gasteiger partial charge in [0.2, 0.25) is 5.91 Å². The zero-order valence-electron chi connectivity index (χ0n) is 12.7. The summed E-state index contributed by atoms with van der Waals surface area (Å²) < 4.78 is 0. The molecule has 1 amide bonds. The number of rotatable bonds is 10. The van der Waals surface area contributed by atoms with Crippen LogP contribution < -0.4 is 11.1 Å². The summed E-state index contributed by atoms with van der Waals surface area (Å²) in [5.41, 5.74) is 5.36. The largest absolute Gasteiger partial charge is 0.368 e. The molecule has 0 heterocycles. The van der Waals surface area contributed by atoms with E-state index in [0.29, 0.717) is 12.0 Å². The number of carbonyl (C=O) groups is 1. The van der Waals surface area contributed by atoms with Crippen LogP contribution in [0.1, 0.15) is 47.0 Å². The second-order valence-corrected chi connectivity index (χ2v) is 5.39. The van der Waals surface area contributed by atoms with Crippen molar-refractivity contribution in [2.75, 3.05) is 20.1 Å². The lowest BCUT2D eigenvalue weighted by atomic mass is 10.1. The van der Waals surface area contributed by atoms with Gasteiger partial charge in [0.15, 0.2) is 0 Å². The molecular formula is C14H31N3O. The molecule has 4 nitrogen and oxygen atoms in total. The average molecular weight is 257 g/mol. The monoisotopic (exact) mass is 257 g/mol. The van der Waals surface area contributed by atoms with Crippen molar-refractivity contribution in [3.63, 3.8) is 0 Å². The predicted octanol–water partition coefficient (Wildman–Crippen LogP) is 1.60. The third-order valence-corrected chi connectivity index (χ3v) is 3.46. The van der Waals surface area contributed by atoms with Crippen molar-refractivity contribution in [1.29, 1.82) is 0 Å². The molecule has 0 aromatic heterocycles. The van der Waals surface area contributed by atoms with E-state index >= 15 is 0 Å². The summed E-state index contributed by atoms with van der Waals surface area (Å²) in [4.78, 5) is 13.7. The standard InChI is InChI=1S/C14H31N3O/c1-6-12(7-2)17(10-11(3)4)9-8-13(16-5)14(15)18/h11-13,16H,6-10H2,1-5H3,(H2,15,18). The Bertz CT molecular complexity index is 227. The van der Waals surface area contributed by atoms with Crippen LogP contribution in [-0.2, 0) is 4.79 Å². The Balaban J connectivity index is 4.43. The second-order valence-electron chi connectivity index (χ2n) is 5.39. The minimum atomic E-state index is -0.258. The van der Waals surface area contributed by atoms with Crippen LogP contribution in [0.3, 0.4) is 0 Å². The van der Waals surface area contributed by atoms with Crippen molar-refractivity contribution in [3.05, 3.63) is 0 Å². The zero-order chi connectivity index (χ0) is 14.1. The molecule has 108 valence electrons. The van der Waals surface area contributed by atoms with Crippen LogP contribution in [0.25, 0.3) is 0 Å². The van der Waals surface area contributed by atoms with E-state index in [0.717, 1.165) is 32.4 Å². The van der Waals surface area contributed by atoms with Gasteiger partial charge in [-0.15, -0.1) is 0 Å². The Hall–Kier alpha value is -0.610. The van der Waals surface area contributed by atoms with Crippen LogP contribution in [0.15, 0.2) is 0 Å². The number of nitrogens with two attached hydrogens (primary N) is 1. The highest BCUT2D eigenvalue weighted by Gasteiger charge is 2.19. The van der Waals surface area contributed by atoms with Crippen molar-refractivity contribution >= 4 is 5.91 Å². The smallest absolute Gasteiger partial charge is 0.234 e. The fourth-order valence-corrected chi connectivity index (χ4v) is 2.42. The molecule has 0 aliphatic rings. The topological polar surface area (TPSA) is 58.4 Å². The van der Waals surface area contributed by atoms with E-state index in [1.165, 1.54) is 0 Å². The van der Waals surface area contributed by atoms with Gasteiger partial charge in [-0.25, -0.2) is 0 Å². The summed E-state index contributed by atoms with van der Waals surface area (Å²) in [6.07, 6.45) is 3.10. The van der Waals surface area contributed by atoms with Gasteiger partial charge >= 0.3 is 0 Å². The van der Waals surface area contributed by atoms with E-state index < -0.39 is 0 Å². The molecule has 0 aliphatic heterocycles. The molecule has 0 saturated carbocycles. The summed E-state index contributed by atoms with van der Waals surface area (Å²) >= 11 is 0. The van der Waals surface area contributed by atoms with E-state index in [1.54, 1.807) is 7.05 Å². The maximum absolute atomic E-state index is 11.2. The van der Waals surface area contributed by atoms with Crippen LogP contribution in [0.2, 0.25) is 0 Å². The van der Waals surface area contributed by atoms with Crippen LogP contribution in [-0.4, -0.2) is 43.0 Å². The number of hydrogen-bond acceptors (Lipinski definition) is 3. The van der Waals surface area contributed by atoms with Gasteiger partial charge in [0.05, 0.1) is 6.04 Å². The van der Waals surface area contributed by atoms with Crippen molar-refractivity contribution in [2.45, 2.75) is 59.0 Å². The lowest BCUT2D eigenvalue weighted by Crippen LogP contribution is -2.44. The van der Waals surface area contributed by atoms with Crippen LogP contribution in [0, 0.1) is 5.92 Å². The molecule has 0 aromatic carbocycles. The van der Waals surface area contributed by atoms with E-state index in [9.17, 15) is 4.79 Å². The normalized spacial score (nSPS) is 13.6. The fourth-order valence-electron chi connectivity index (χ4n) is 2.42. The molecule has 4 heteroatoms. The number of primary amides is 1. The van der Waals surface area contributed by atoms with Gasteiger partial charge in [-0.05, 0) is 32.2 Å². The maximum Gasteiger partial charge on any atom is 0.234 e. The van der Waals surface area contributed by atoms with Crippen molar-refractivity contribution in [3.8, 4) is 0 Å². The summed E-state index contributed by atoms with van der Waals surface area (Å²) in [6.45, 7) is 10.9. The Morgan fingerprint density at radius 1 is 1.28 bits per heavy atom. The third kappa shape index (κ3) is 6.36. The van der Waals surface area contributed by atoms with Crippen molar-refractivity contribution in [2.24, 2.45) is 11.7 Å². The Morgan fingerprint density at radius 2 is 1.83 bits per heavy atom. The van der Waals surface area contributed by atoms with Crippen LogP contribution in [0.4, 0.5) is 0 Å². The van der Waals surface area contributed by atoms with Crippen LogP contribution in [0.5, 0.6) is 0 Å². The number of nitrogens with one attached hydrogen (secondary N) is 1. The van der Waals surface area contributed by atoms with Crippen LogP contribution >= 0.6 is 0 Å². The van der Waals surface area contributed by atoms with Crippen molar-refractivity contribution in [1.82, 2.24) is 10.2 Å². The van der Waals surface area contributed by atoms with Gasteiger partial charge < -0.3 is 16.0 Å². The minimum Gasteiger partial charge on any atom is -0.368 e. The van der Waals surface area contributed by atoms with Gasteiger partial charge in [0.25, 0.3) is 0 Å². The third-order valence-electron chi connectivity index (χ3n) is 3.46. The first-order valence-electron chi connectivity index (χ1n) is 7.16. The second kappa shape index (κ2) is 9.34. The molecule has 0 fully saturated rings. The van der Waals surface area contributed by atoms with Gasteiger partial charge in [-0.3, -0.25) is 4.79 Å². The molecule has 0 aliphatic carbocycles. The number of carbonyl (C=O) groups excluding carboxylic acids is 1. The number of hydrogen-bond donors (Lipinski definition) is 2. The first-order valence-corrected chi connectivity index (χ1v) is 7.16. The molecular weight excluding hydrogens is 226 g/mol. The highest BCUT2D eigenvalue weighted by Crippen LogP contribution is 2.12. The molecule has 0 spiro atoms. The maximum atomic E-state index is 11.2. The Kier molecular flexibility index (Phi) is 9.02. The van der Waals surface area contributed by atoms with E-state index in [4.69, 9.17) is 5.73 Å². The van der Waals surface area contributed by atoms with Gasteiger partial charge in [0, 0.05) is 19.1 Å². The molecule has 0 rings (SSSR count). The van der Waals surface area contributed by atoms with E-state index in [-0.39, 0.29) is 11.9 Å². The molecule has 0 saturated heterocycles. The van der Waals surface area contributed by atoms with Crippen molar-refractivity contribution < 1.29 is 4.79 Å². The fraction of sp³-hybridized carbons (Fsp3) is 0.929. The van der Waals surface area contributed by atoms with Gasteiger partial charge in [-0.1, -0.05) is 27.7 Å². The number of amides is 1. The quantitative estimate of drug-likeness (QED) is 0.625. The summed E-state index contributed by atoms with van der Waals surface area (Å²) in [7, 11) is 1.79. The molecule has 0 radical (unpaired) electrons. The molecule has 0 bridgehead atoms. The molecule has 3 N–H and O–H groups in total. The predicted molar refractivity (Wildman–Crippen MR) is 77.4 cm³/mol. The highest BCUT2D eigenvalue weighted by atomic mass is 16.1. The lowest BCUT2D eigenvalue weighted by molar-refractivity contribution is -0.120. The minimum absolute atomic E-state index is 0.214.